The van der Waals surface area contributed by atoms with Gasteiger partial charge in [-0.15, -0.1) is 11.3 Å². The van der Waals surface area contributed by atoms with E-state index in [4.69, 9.17) is 4.42 Å². The van der Waals surface area contributed by atoms with Gasteiger partial charge in [-0.1, -0.05) is 25.1 Å². The average Bonchev–Trinajstić information content (AvgIpc) is 3.09. The number of amides is 1. The third kappa shape index (κ3) is 2.41. The third-order valence-electron chi connectivity index (χ3n) is 4.06. The molecular weight excluding hydrogens is 296 g/mol. The highest BCUT2D eigenvalue weighted by Gasteiger charge is 2.21. The summed E-state index contributed by atoms with van der Waals surface area (Å²) in [5.74, 6) is 0.782. The van der Waals surface area contributed by atoms with Gasteiger partial charge in [0.05, 0.1) is 5.69 Å². The van der Waals surface area contributed by atoms with Crippen molar-refractivity contribution in [1.29, 1.82) is 0 Å². The second-order valence-electron chi connectivity index (χ2n) is 5.84. The molecule has 0 radical (unpaired) electrons. The van der Waals surface area contributed by atoms with Gasteiger partial charge in [0.1, 0.15) is 5.58 Å². The van der Waals surface area contributed by atoms with Gasteiger partial charge < -0.3 is 4.42 Å². The minimum atomic E-state index is -0.240. The van der Waals surface area contributed by atoms with Crippen molar-refractivity contribution >= 4 is 33.3 Å². The highest BCUT2D eigenvalue weighted by Crippen LogP contribution is 2.32. The molecule has 2 heterocycles. The Morgan fingerprint density at radius 1 is 1.41 bits per heavy atom. The Balaban J connectivity index is 1.56. The van der Waals surface area contributed by atoms with Crippen LogP contribution >= 0.6 is 11.3 Å². The maximum atomic E-state index is 12.3. The van der Waals surface area contributed by atoms with Gasteiger partial charge in [0.2, 0.25) is 0 Å². The average molecular weight is 312 g/mol. The molecule has 4 nitrogen and oxygen atoms in total. The van der Waals surface area contributed by atoms with Gasteiger partial charge in [-0.3, -0.25) is 10.1 Å². The number of carbonyl (C=O) groups excluding carboxylic acids is 1. The number of hydrogen-bond acceptors (Lipinski definition) is 4. The van der Waals surface area contributed by atoms with E-state index in [2.05, 4.69) is 17.2 Å². The lowest BCUT2D eigenvalue weighted by atomic mass is 9.93. The predicted octanol–water partition coefficient (Wildman–Crippen LogP) is 4.27. The van der Waals surface area contributed by atoms with Crippen LogP contribution in [0.1, 0.15) is 34.5 Å². The Bertz CT molecular complexity index is 816. The fourth-order valence-corrected chi connectivity index (χ4v) is 4.01. The summed E-state index contributed by atoms with van der Waals surface area (Å²) in [5, 5.41) is 4.47. The van der Waals surface area contributed by atoms with Crippen molar-refractivity contribution < 1.29 is 9.21 Å². The van der Waals surface area contributed by atoms with Crippen molar-refractivity contribution in [1.82, 2.24) is 4.98 Å². The van der Waals surface area contributed by atoms with E-state index in [1.165, 1.54) is 11.3 Å². The molecule has 3 aromatic rings. The van der Waals surface area contributed by atoms with Gasteiger partial charge in [-0.25, -0.2) is 4.98 Å². The van der Waals surface area contributed by atoms with Crippen LogP contribution in [0.4, 0.5) is 5.13 Å². The van der Waals surface area contributed by atoms with Crippen LogP contribution in [0, 0.1) is 5.92 Å². The molecule has 0 fully saturated rings. The van der Waals surface area contributed by atoms with Crippen molar-refractivity contribution in [2.45, 2.75) is 26.2 Å². The number of anilines is 1. The molecular formula is C17H16N2O2S. The molecule has 1 aliphatic carbocycles. The number of carbonyl (C=O) groups is 1. The minimum Gasteiger partial charge on any atom is -0.451 e. The normalized spacial score (nSPS) is 17.4. The lowest BCUT2D eigenvalue weighted by molar-refractivity contribution is 0.0998. The molecule has 1 amide bonds. The molecule has 0 saturated carbocycles. The number of hydrogen-bond donors (Lipinski definition) is 1. The molecule has 1 aliphatic rings. The summed E-state index contributed by atoms with van der Waals surface area (Å²) in [4.78, 5) is 18.2. The van der Waals surface area contributed by atoms with Crippen LogP contribution in [-0.2, 0) is 12.8 Å². The number of fused-ring (bicyclic) bond motifs is 2. The molecule has 22 heavy (non-hydrogen) atoms. The number of thiazole rings is 1. The topological polar surface area (TPSA) is 55.1 Å². The van der Waals surface area contributed by atoms with Crippen molar-refractivity contribution in [3.8, 4) is 0 Å². The summed E-state index contributed by atoms with van der Waals surface area (Å²) >= 11 is 1.58. The van der Waals surface area contributed by atoms with Gasteiger partial charge in [-0.05, 0) is 37.3 Å². The van der Waals surface area contributed by atoms with E-state index >= 15 is 0 Å². The Hall–Kier alpha value is -2.14. The molecule has 0 bridgehead atoms. The first-order valence-electron chi connectivity index (χ1n) is 7.47. The Kier molecular flexibility index (Phi) is 3.22. The van der Waals surface area contributed by atoms with Gasteiger partial charge >= 0.3 is 0 Å². The number of nitrogens with one attached hydrogen (secondary N) is 1. The molecule has 0 unspecified atom stereocenters. The predicted molar refractivity (Wildman–Crippen MR) is 87.5 cm³/mol. The zero-order chi connectivity index (χ0) is 15.1. The van der Waals surface area contributed by atoms with Crippen LogP contribution in [-0.4, -0.2) is 10.9 Å². The standard InChI is InChI=1S/C17H16N2O2S/c1-10-6-7-12-15(8-10)22-17(18-12)19-16(20)14-9-11-4-2-3-5-13(11)21-14/h2-5,9-10H,6-8H2,1H3,(H,18,19,20)/t10-/m0/s1. The second-order valence-corrected chi connectivity index (χ2v) is 6.92. The smallest absolute Gasteiger partial charge is 0.293 e. The van der Waals surface area contributed by atoms with Crippen molar-refractivity contribution in [3.05, 3.63) is 46.7 Å². The number of para-hydroxylation sites is 1. The quantitative estimate of drug-likeness (QED) is 0.769. The van der Waals surface area contributed by atoms with Crippen LogP contribution in [0.15, 0.2) is 34.7 Å². The molecule has 1 atom stereocenters. The van der Waals surface area contributed by atoms with E-state index in [1.807, 2.05) is 24.3 Å². The summed E-state index contributed by atoms with van der Waals surface area (Å²) in [6.07, 6.45) is 3.24. The second kappa shape index (κ2) is 5.25. The molecule has 0 saturated heterocycles. The van der Waals surface area contributed by atoms with E-state index in [0.717, 1.165) is 29.5 Å². The van der Waals surface area contributed by atoms with Gasteiger partial charge in [0, 0.05) is 10.3 Å². The molecule has 112 valence electrons. The monoisotopic (exact) mass is 312 g/mol. The Labute approximate surface area is 132 Å². The first-order valence-corrected chi connectivity index (χ1v) is 8.29. The number of aryl methyl sites for hydroxylation is 1. The molecule has 0 aliphatic heterocycles. The molecule has 1 N–H and O–H groups in total. The van der Waals surface area contributed by atoms with E-state index in [-0.39, 0.29) is 5.91 Å². The largest absolute Gasteiger partial charge is 0.451 e. The molecule has 0 spiro atoms. The Morgan fingerprint density at radius 2 is 2.27 bits per heavy atom. The fourth-order valence-electron chi connectivity index (χ4n) is 2.85. The molecule has 5 heteroatoms. The van der Waals surface area contributed by atoms with E-state index in [9.17, 15) is 4.79 Å². The van der Waals surface area contributed by atoms with Crippen LogP contribution in [0.3, 0.4) is 0 Å². The van der Waals surface area contributed by atoms with Gasteiger partial charge in [0.15, 0.2) is 10.9 Å². The summed E-state index contributed by atoms with van der Waals surface area (Å²) in [7, 11) is 0. The highest BCUT2D eigenvalue weighted by molar-refractivity contribution is 7.15. The number of rotatable bonds is 2. The van der Waals surface area contributed by atoms with Crippen LogP contribution < -0.4 is 5.32 Å². The van der Waals surface area contributed by atoms with Gasteiger partial charge in [0.25, 0.3) is 5.91 Å². The Morgan fingerprint density at radius 3 is 3.14 bits per heavy atom. The summed E-state index contributed by atoms with van der Waals surface area (Å²) < 4.78 is 5.59. The molecule has 4 rings (SSSR count). The van der Waals surface area contributed by atoms with Crippen LogP contribution in [0.2, 0.25) is 0 Å². The number of aromatic nitrogens is 1. The first-order chi connectivity index (χ1) is 10.7. The summed E-state index contributed by atoms with van der Waals surface area (Å²) in [5.41, 5.74) is 1.86. The summed E-state index contributed by atoms with van der Waals surface area (Å²) in [6.45, 7) is 2.26. The third-order valence-corrected chi connectivity index (χ3v) is 5.09. The number of benzene rings is 1. The van der Waals surface area contributed by atoms with Crippen LogP contribution in [0.25, 0.3) is 11.0 Å². The SMILES string of the molecule is C[C@H]1CCc2nc(NC(=O)c3cc4ccccc4o3)sc2C1. The number of furan rings is 1. The zero-order valence-corrected chi connectivity index (χ0v) is 13.1. The van der Waals surface area contributed by atoms with E-state index in [1.54, 1.807) is 17.4 Å². The summed E-state index contributed by atoms with van der Waals surface area (Å²) in [6, 6.07) is 9.37. The van der Waals surface area contributed by atoms with Crippen molar-refractivity contribution in [2.75, 3.05) is 5.32 Å². The fraction of sp³-hybridized carbons (Fsp3) is 0.294. The maximum Gasteiger partial charge on any atom is 0.293 e. The minimum absolute atomic E-state index is 0.240. The molecule has 2 aromatic heterocycles. The first kappa shape index (κ1) is 13.5. The maximum absolute atomic E-state index is 12.3. The van der Waals surface area contributed by atoms with Crippen molar-refractivity contribution in [2.24, 2.45) is 5.92 Å². The zero-order valence-electron chi connectivity index (χ0n) is 12.3. The number of nitrogens with zero attached hydrogens (tertiary/aromatic N) is 1. The lowest BCUT2D eigenvalue weighted by Crippen LogP contribution is -2.11. The van der Waals surface area contributed by atoms with E-state index in [0.29, 0.717) is 16.8 Å². The lowest BCUT2D eigenvalue weighted by Gasteiger charge is -2.15. The van der Waals surface area contributed by atoms with Crippen molar-refractivity contribution in [3.63, 3.8) is 0 Å². The van der Waals surface area contributed by atoms with Gasteiger partial charge in [-0.2, -0.15) is 0 Å². The van der Waals surface area contributed by atoms with Crippen LogP contribution in [0.5, 0.6) is 0 Å². The molecule has 1 aromatic carbocycles. The van der Waals surface area contributed by atoms with E-state index < -0.39 is 0 Å². The highest BCUT2D eigenvalue weighted by atomic mass is 32.1.